The van der Waals surface area contributed by atoms with Crippen LogP contribution in [0.5, 0.6) is 0 Å². The Kier molecular flexibility index (Phi) is 3.36. The average Bonchev–Trinajstić information content (AvgIpc) is 2.96. The van der Waals surface area contributed by atoms with Crippen LogP contribution in [0.15, 0.2) is 11.4 Å². The summed E-state index contributed by atoms with van der Waals surface area (Å²) in [6.45, 7) is 1.46. The van der Waals surface area contributed by atoms with Gasteiger partial charge in [-0.2, -0.15) is 0 Å². The van der Waals surface area contributed by atoms with E-state index in [-0.39, 0.29) is 0 Å². The van der Waals surface area contributed by atoms with Crippen LogP contribution in [0.25, 0.3) is 10.2 Å². The average molecular weight is 280 g/mol. The van der Waals surface area contributed by atoms with Gasteiger partial charge >= 0.3 is 0 Å². The first kappa shape index (κ1) is 12.7. The Balaban J connectivity index is 1.85. The zero-order valence-electron chi connectivity index (χ0n) is 10.6. The molecule has 19 heavy (non-hydrogen) atoms. The van der Waals surface area contributed by atoms with E-state index >= 15 is 0 Å². The highest BCUT2D eigenvalue weighted by Gasteiger charge is 2.29. The number of anilines is 1. The Bertz CT molecular complexity index is 578. The Morgan fingerprint density at radius 3 is 2.79 bits per heavy atom. The van der Waals surface area contributed by atoms with Crippen molar-refractivity contribution in [1.82, 2.24) is 14.9 Å². The van der Waals surface area contributed by atoms with Crippen molar-refractivity contribution in [3.8, 4) is 0 Å². The minimum absolute atomic E-state index is 0.460. The lowest BCUT2D eigenvalue weighted by atomic mass is 10.3. The van der Waals surface area contributed by atoms with Crippen LogP contribution in [0.1, 0.15) is 5.82 Å². The van der Waals surface area contributed by atoms with Gasteiger partial charge in [-0.1, -0.05) is 0 Å². The standard InChI is InChI=1S/C12H16N4O2S/c1-13-11-7-2-3-19-12(7)15-10(14-11)6-16-4-8(17)9(18)5-16/h2-3,8-9,17-18H,4-6H2,1H3,(H,13,14,15). The SMILES string of the molecule is CNc1nc(CN2CC(O)C(O)C2)nc2sccc12. The van der Waals surface area contributed by atoms with E-state index in [9.17, 15) is 10.2 Å². The number of hydrogen-bond acceptors (Lipinski definition) is 7. The number of aliphatic hydroxyl groups excluding tert-OH is 2. The van der Waals surface area contributed by atoms with Gasteiger partial charge < -0.3 is 15.5 Å². The zero-order valence-corrected chi connectivity index (χ0v) is 11.4. The second-order valence-corrected chi connectivity index (χ2v) is 5.60. The number of aromatic nitrogens is 2. The molecule has 0 aliphatic carbocycles. The molecule has 1 saturated heterocycles. The van der Waals surface area contributed by atoms with Crippen molar-refractivity contribution in [2.24, 2.45) is 0 Å². The van der Waals surface area contributed by atoms with Crippen molar-refractivity contribution >= 4 is 27.4 Å². The third kappa shape index (κ3) is 2.42. The maximum atomic E-state index is 9.54. The molecule has 1 aliphatic heterocycles. The van der Waals surface area contributed by atoms with Gasteiger partial charge in [-0.05, 0) is 11.4 Å². The molecular formula is C12H16N4O2S. The van der Waals surface area contributed by atoms with Crippen molar-refractivity contribution in [3.05, 3.63) is 17.3 Å². The summed E-state index contributed by atoms with van der Waals surface area (Å²) in [4.78, 5) is 11.9. The van der Waals surface area contributed by atoms with E-state index in [1.807, 2.05) is 23.4 Å². The summed E-state index contributed by atoms with van der Waals surface area (Å²) < 4.78 is 0. The number of aliphatic hydroxyl groups is 2. The van der Waals surface area contributed by atoms with Crippen molar-refractivity contribution < 1.29 is 10.2 Å². The molecule has 0 spiro atoms. The van der Waals surface area contributed by atoms with Crippen LogP contribution in [0.2, 0.25) is 0 Å². The maximum Gasteiger partial charge on any atom is 0.146 e. The number of nitrogens with one attached hydrogen (secondary N) is 1. The molecule has 0 bridgehead atoms. The minimum atomic E-state index is -0.672. The molecule has 1 aliphatic rings. The van der Waals surface area contributed by atoms with E-state index in [0.29, 0.717) is 25.5 Å². The largest absolute Gasteiger partial charge is 0.389 e. The monoisotopic (exact) mass is 280 g/mol. The van der Waals surface area contributed by atoms with E-state index in [1.54, 1.807) is 11.3 Å². The Morgan fingerprint density at radius 2 is 2.11 bits per heavy atom. The summed E-state index contributed by atoms with van der Waals surface area (Å²) in [5.74, 6) is 1.53. The Morgan fingerprint density at radius 1 is 1.37 bits per heavy atom. The molecule has 0 saturated carbocycles. The highest BCUT2D eigenvalue weighted by Crippen LogP contribution is 2.25. The van der Waals surface area contributed by atoms with Crippen molar-refractivity contribution in [3.63, 3.8) is 0 Å². The van der Waals surface area contributed by atoms with Gasteiger partial charge in [-0.25, -0.2) is 9.97 Å². The lowest BCUT2D eigenvalue weighted by Gasteiger charge is -2.14. The molecule has 3 heterocycles. The molecule has 0 aromatic carbocycles. The van der Waals surface area contributed by atoms with E-state index in [1.165, 1.54) is 0 Å². The molecule has 7 heteroatoms. The molecule has 0 radical (unpaired) electrons. The van der Waals surface area contributed by atoms with Crippen LogP contribution in [-0.4, -0.2) is 57.4 Å². The van der Waals surface area contributed by atoms with Gasteiger partial charge in [0.25, 0.3) is 0 Å². The quantitative estimate of drug-likeness (QED) is 0.749. The first-order valence-corrected chi connectivity index (χ1v) is 7.05. The molecule has 2 unspecified atom stereocenters. The molecular weight excluding hydrogens is 264 g/mol. The number of rotatable bonds is 3. The van der Waals surface area contributed by atoms with Gasteiger partial charge in [0.05, 0.1) is 24.1 Å². The van der Waals surface area contributed by atoms with Crippen LogP contribution < -0.4 is 5.32 Å². The summed E-state index contributed by atoms with van der Waals surface area (Å²) in [6.07, 6.45) is -1.34. The van der Waals surface area contributed by atoms with E-state index in [2.05, 4.69) is 15.3 Å². The number of fused-ring (bicyclic) bond motifs is 1. The van der Waals surface area contributed by atoms with Crippen molar-refractivity contribution in [2.75, 3.05) is 25.5 Å². The molecule has 2 aromatic heterocycles. The van der Waals surface area contributed by atoms with Crippen LogP contribution in [0, 0.1) is 0 Å². The van der Waals surface area contributed by atoms with Crippen molar-refractivity contribution in [2.45, 2.75) is 18.8 Å². The number of nitrogens with zero attached hydrogens (tertiary/aromatic N) is 3. The predicted octanol–water partition coefficient (Wildman–Crippen LogP) is 0.270. The van der Waals surface area contributed by atoms with Gasteiger partial charge in [-0.15, -0.1) is 11.3 Å². The summed E-state index contributed by atoms with van der Waals surface area (Å²) in [7, 11) is 1.84. The zero-order chi connectivity index (χ0) is 13.4. The van der Waals surface area contributed by atoms with Crippen LogP contribution in [0.3, 0.4) is 0 Å². The molecule has 2 atom stereocenters. The van der Waals surface area contributed by atoms with Gasteiger partial charge in [0.2, 0.25) is 0 Å². The molecule has 102 valence electrons. The maximum absolute atomic E-state index is 9.54. The van der Waals surface area contributed by atoms with E-state index < -0.39 is 12.2 Å². The Hall–Kier alpha value is -1.28. The van der Waals surface area contributed by atoms with Gasteiger partial charge in [-0.3, -0.25) is 4.90 Å². The second kappa shape index (κ2) is 5.01. The molecule has 3 N–H and O–H groups in total. The highest BCUT2D eigenvalue weighted by atomic mass is 32.1. The molecule has 6 nitrogen and oxygen atoms in total. The lowest BCUT2D eigenvalue weighted by molar-refractivity contribution is 0.0572. The third-order valence-electron chi connectivity index (χ3n) is 3.31. The smallest absolute Gasteiger partial charge is 0.146 e. The second-order valence-electron chi connectivity index (χ2n) is 4.71. The van der Waals surface area contributed by atoms with E-state index in [4.69, 9.17) is 0 Å². The van der Waals surface area contributed by atoms with Crippen molar-refractivity contribution in [1.29, 1.82) is 0 Å². The van der Waals surface area contributed by atoms with Crippen LogP contribution >= 0.6 is 11.3 Å². The summed E-state index contributed by atoms with van der Waals surface area (Å²) in [6, 6.07) is 2.00. The minimum Gasteiger partial charge on any atom is -0.389 e. The Labute approximate surface area is 114 Å². The molecule has 3 rings (SSSR count). The summed E-state index contributed by atoms with van der Waals surface area (Å²) in [5, 5.41) is 25.2. The molecule has 1 fully saturated rings. The van der Waals surface area contributed by atoms with E-state index in [0.717, 1.165) is 16.0 Å². The third-order valence-corrected chi connectivity index (χ3v) is 4.11. The van der Waals surface area contributed by atoms with Gasteiger partial charge in [0.15, 0.2) is 0 Å². The van der Waals surface area contributed by atoms with Crippen LogP contribution in [-0.2, 0) is 6.54 Å². The van der Waals surface area contributed by atoms with Gasteiger partial charge in [0.1, 0.15) is 16.5 Å². The van der Waals surface area contributed by atoms with Gasteiger partial charge in [0, 0.05) is 20.1 Å². The molecule has 0 amide bonds. The summed E-state index contributed by atoms with van der Waals surface area (Å²) in [5.41, 5.74) is 0. The fourth-order valence-corrected chi connectivity index (χ4v) is 3.12. The first-order valence-electron chi connectivity index (χ1n) is 6.17. The highest BCUT2D eigenvalue weighted by molar-refractivity contribution is 7.16. The fraction of sp³-hybridized carbons (Fsp3) is 0.500. The summed E-state index contributed by atoms with van der Waals surface area (Å²) >= 11 is 1.58. The normalized spacial score (nSPS) is 24.2. The van der Waals surface area contributed by atoms with Crippen LogP contribution in [0.4, 0.5) is 5.82 Å². The number of likely N-dealkylation sites (tertiary alicyclic amines) is 1. The lowest BCUT2D eigenvalue weighted by Crippen LogP contribution is -2.23. The topological polar surface area (TPSA) is 81.5 Å². The predicted molar refractivity (Wildman–Crippen MR) is 74.3 cm³/mol. The first-order chi connectivity index (χ1) is 9.17. The number of β-amino-alcohol motifs (C(OH)–C–C–N with tert-alkyl or cyclic N) is 2. The number of hydrogen-bond donors (Lipinski definition) is 3. The molecule has 2 aromatic rings. The fourth-order valence-electron chi connectivity index (χ4n) is 2.34. The number of thiophene rings is 1.